The molecular formula is C26H26ClF2N7O2S. The lowest BCUT2D eigenvalue weighted by atomic mass is 9.89. The van der Waals surface area contributed by atoms with E-state index in [1.165, 1.54) is 29.1 Å². The highest BCUT2D eigenvalue weighted by Gasteiger charge is 2.53. The van der Waals surface area contributed by atoms with Gasteiger partial charge in [-0.3, -0.25) is 9.48 Å². The van der Waals surface area contributed by atoms with Crippen LogP contribution in [0.5, 0.6) is 0 Å². The molecule has 13 heteroatoms. The summed E-state index contributed by atoms with van der Waals surface area (Å²) in [6, 6.07) is 4.00. The lowest BCUT2D eigenvalue weighted by Crippen LogP contribution is -2.27. The first-order valence-corrected chi connectivity index (χ1v) is 13.7. The molecule has 2 aliphatic carbocycles. The number of nitrogens with one attached hydrogen (secondary N) is 1. The van der Waals surface area contributed by atoms with Gasteiger partial charge in [-0.2, -0.15) is 5.10 Å². The van der Waals surface area contributed by atoms with Gasteiger partial charge in [0.25, 0.3) is 5.91 Å². The molecule has 4 N–H and O–H groups in total. The Hall–Kier alpha value is -3.35. The highest BCUT2D eigenvalue weighted by molar-refractivity contribution is 7.18. The third-order valence-electron chi connectivity index (χ3n) is 7.97. The fraction of sp³-hybridized carbons (Fsp3) is 0.385. The van der Waals surface area contributed by atoms with Crippen LogP contribution in [0.4, 0.5) is 19.6 Å². The number of carbonyl (C=O) groups excluding carboxylic acids is 1. The number of amides is 1. The zero-order valence-corrected chi connectivity index (χ0v) is 22.7. The van der Waals surface area contributed by atoms with Gasteiger partial charge in [0.2, 0.25) is 0 Å². The quantitative estimate of drug-likeness (QED) is 0.314. The number of anilines is 2. The Morgan fingerprint density at radius 1 is 1.23 bits per heavy atom. The zero-order valence-electron chi connectivity index (χ0n) is 21.2. The maximum atomic E-state index is 15.6. The van der Waals surface area contributed by atoms with Crippen molar-refractivity contribution in [2.75, 3.05) is 11.1 Å². The van der Waals surface area contributed by atoms with Gasteiger partial charge in [0, 0.05) is 31.9 Å². The molecule has 2 fully saturated rings. The van der Waals surface area contributed by atoms with Crippen molar-refractivity contribution in [1.82, 2.24) is 24.3 Å². The zero-order chi connectivity index (χ0) is 27.6. The van der Waals surface area contributed by atoms with Crippen molar-refractivity contribution in [1.29, 1.82) is 0 Å². The number of aryl methyl sites for hydroxylation is 2. The van der Waals surface area contributed by atoms with Gasteiger partial charge in [-0.25, -0.2) is 18.7 Å². The van der Waals surface area contributed by atoms with E-state index in [0.717, 1.165) is 11.3 Å². The number of rotatable bonds is 5. The molecule has 0 bridgehead atoms. The number of nitrogen functional groups attached to an aromatic ring is 1. The molecule has 6 rings (SSSR count). The molecule has 204 valence electrons. The van der Waals surface area contributed by atoms with Gasteiger partial charge in [0.05, 0.1) is 21.9 Å². The van der Waals surface area contributed by atoms with Crippen LogP contribution in [0, 0.1) is 23.5 Å². The summed E-state index contributed by atoms with van der Waals surface area (Å²) < 4.78 is 32.2. The van der Waals surface area contributed by atoms with Crippen LogP contribution in [-0.2, 0) is 19.7 Å². The van der Waals surface area contributed by atoms with Crippen LogP contribution in [0.25, 0.3) is 10.6 Å². The van der Waals surface area contributed by atoms with E-state index < -0.39 is 17.2 Å². The van der Waals surface area contributed by atoms with Crippen molar-refractivity contribution >= 4 is 39.7 Å². The number of nitrogens with two attached hydrogens (primary N) is 1. The summed E-state index contributed by atoms with van der Waals surface area (Å²) >= 11 is 7.01. The maximum Gasteiger partial charge on any atom is 0.274 e. The second-order valence-electron chi connectivity index (χ2n) is 10.5. The van der Waals surface area contributed by atoms with Crippen LogP contribution < -0.4 is 11.1 Å². The standard InChI is InChI=1S/C26H26ClF2N7O2S/c1-35-11-32-20(22(35)24(37)33-15-3-4-17(28)16(27)7-15)12-5-13-8-26(38,9-14(13)6-12)23-19(29)21(34-36(23)2)18-10-31-25(30)39-18/h3-4,7,10-14,38H,5-6,8-9H2,1-2H3,(H2,30,31)(H,33,37). The maximum absolute atomic E-state index is 15.6. The summed E-state index contributed by atoms with van der Waals surface area (Å²) in [4.78, 5) is 22.2. The summed E-state index contributed by atoms with van der Waals surface area (Å²) in [6.07, 6.45) is 5.28. The molecule has 2 unspecified atom stereocenters. The summed E-state index contributed by atoms with van der Waals surface area (Å²) in [7, 11) is 3.38. The molecule has 0 saturated heterocycles. The lowest BCUT2D eigenvalue weighted by Gasteiger charge is -2.25. The van der Waals surface area contributed by atoms with Gasteiger partial charge in [-0.05, 0) is 55.7 Å². The molecule has 2 atom stereocenters. The van der Waals surface area contributed by atoms with Gasteiger partial charge >= 0.3 is 0 Å². The van der Waals surface area contributed by atoms with Gasteiger partial charge in [-0.1, -0.05) is 22.9 Å². The van der Waals surface area contributed by atoms with Crippen molar-refractivity contribution in [3.8, 4) is 10.6 Å². The molecule has 39 heavy (non-hydrogen) atoms. The van der Waals surface area contributed by atoms with E-state index in [-0.39, 0.29) is 40.1 Å². The molecule has 0 aliphatic heterocycles. The number of aliphatic hydroxyl groups is 1. The van der Waals surface area contributed by atoms with E-state index in [2.05, 4.69) is 20.4 Å². The van der Waals surface area contributed by atoms with Crippen LogP contribution in [0.15, 0.2) is 30.7 Å². The van der Waals surface area contributed by atoms with Crippen LogP contribution in [-0.4, -0.2) is 35.3 Å². The summed E-state index contributed by atoms with van der Waals surface area (Å²) in [5.41, 5.74) is 6.14. The van der Waals surface area contributed by atoms with E-state index in [1.807, 2.05) is 0 Å². The average Bonchev–Trinajstić information content (AvgIpc) is 3.66. The normalized spacial score (nSPS) is 24.3. The van der Waals surface area contributed by atoms with Crippen molar-refractivity contribution in [2.24, 2.45) is 25.9 Å². The second-order valence-corrected chi connectivity index (χ2v) is 12.0. The van der Waals surface area contributed by atoms with Crippen molar-refractivity contribution in [3.63, 3.8) is 0 Å². The Labute approximate surface area is 231 Å². The molecule has 2 saturated carbocycles. The highest BCUT2D eigenvalue weighted by atomic mass is 35.5. The predicted octanol–water partition coefficient (Wildman–Crippen LogP) is 4.83. The Morgan fingerprint density at radius 2 is 1.95 bits per heavy atom. The van der Waals surface area contributed by atoms with E-state index in [9.17, 15) is 14.3 Å². The number of carbonyl (C=O) groups is 1. The number of hydrogen-bond donors (Lipinski definition) is 3. The Balaban J connectivity index is 1.20. The topological polar surface area (TPSA) is 124 Å². The Bertz CT molecular complexity index is 1580. The molecule has 0 radical (unpaired) electrons. The van der Waals surface area contributed by atoms with E-state index in [4.69, 9.17) is 17.3 Å². The molecular weight excluding hydrogens is 548 g/mol. The number of aromatic nitrogens is 5. The van der Waals surface area contributed by atoms with Crippen molar-refractivity contribution < 1.29 is 18.7 Å². The van der Waals surface area contributed by atoms with Gasteiger partial charge in [0.1, 0.15) is 28.5 Å². The van der Waals surface area contributed by atoms with E-state index in [1.54, 1.807) is 25.0 Å². The minimum Gasteiger partial charge on any atom is -0.383 e. The number of benzene rings is 1. The average molecular weight is 574 g/mol. The summed E-state index contributed by atoms with van der Waals surface area (Å²) in [5.74, 6) is -1.21. The lowest BCUT2D eigenvalue weighted by molar-refractivity contribution is 0.0228. The van der Waals surface area contributed by atoms with Crippen molar-refractivity contribution in [3.05, 3.63) is 64.5 Å². The summed E-state index contributed by atoms with van der Waals surface area (Å²) in [6.45, 7) is 0. The number of hydrogen-bond acceptors (Lipinski definition) is 7. The number of thiazole rings is 1. The largest absolute Gasteiger partial charge is 0.383 e. The van der Waals surface area contributed by atoms with Gasteiger partial charge in [-0.15, -0.1) is 0 Å². The Kier molecular flexibility index (Phi) is 6.23. The number of fused-ring (bicyclic) bond motifs is 1. The SMILES string of the molecule is Cn1cnc(C2CC3CC(O)(c4c(F)c(-c5cnc(N)s5)nn4C)CC3C2)c1C(=O)Nc1ccc(F)c(Cl)c1. The molecule has 4 aromatic rings. The van der Waals surface area contributed by atoms with Gasteiger partial charge < -0.3 is 20.7 Å². The third kappa shape index (κ3) is 4.40. The minimum absolute atomic E-state index is 0.00965. The predicted molar refractivity (Wildman–Crippen MR) is 143 cm³/mol. The highest BCUT2D eigenvalue weighted by Crippen LogP contribution is 2.57. The number of imidazole rings is 1. The van der Waals surface area contributed by atoms with Crippen LogP contribution in [0.3, 0.4) is 0 Å². The molecule has 9 nitrogen and oxygen atoms in total. The summed E-state index contributed by atoms with van der Waals surface area (Å²) in [5, 5.41) is 19.0. The molecule has 2 aliphatic rings. The second kappa shape index (κ2) is 9.39. The van der Waals surface area contributed by atoms with E-state index >= 15 is 4.39 Å². The monoisotopic (exact) mass is 573 g/mol. The van der Waals surface area contributed by atoms with Gasteiger partial charge in [0.15, 0.2) is 10.9 Å². The van der Waals surface area contributed by atoms with Crippen LogP contribution in [0.2, 0.25) is 5.02 Å². The number of halogens is 3. The van der Waals surface area contributed by atoms with Crippen LogP contribution >= 0.6 is 22.9 Å². The third-order valence-corrected chi connectivity index (χ3v) is 9.10. The number of nitrogens with zero attached hydrogens (tertiary/aromatic N) is 5. The molecule has 3 aromatic heterocycles. The first-order valence-electron chi connectivity index (χ1n) is 12.5. The molecule has 1 amide bonds. The van der Waals surface area contributed by atoms with E-state index in [0.29, 0.717) is 52.8 Å². The first kappa shape index (κ1) is 25.9. The fourth-order valence-electron chi connectivity index (χ4n) is 6.43. The first-order chi connectivity index (χ1) is 18.5. The molecule has 1 aromatic carbocycles. The smallest absolute Gasteiger partial charge is 0.274 e. The van der Waals surface area contributed by atoms with Crippen LogP contribution in [0.1, 0.15) is 53.5 Å². The van der Waals surface area contributed by atoms with Crippen molar-refractivity contribution in [2.45, 2.75) is 37.2 Å². The Morgan fingerprint density at radius 3 is 2.59 bits per heavy atom. The molecule has 3 heterocycles. The minimum atomic E-state index is -1.35. The fourth-order valence-corrected chi connectivity index (χ4v) is 7.27. The molecule has 0 spiro atoms.